The standard InChI is InChI=1S/C15H21ClN2O3/c1-9-7-10(16)5-6-11(9)18-14(21)13(20)17-8-12(19)15(2,3)4/h5-7,12,19H,8H2,1-4H3,(H,17,20)(H,18,21)/t12-/m1/s1. The van der Waals surface area contributed by atoms with Crippen molar-refractivity contribution in [3.8, 4) is 0 Å². The van der Waals surface area contributed by atoms with E-state index in [-0.39, 0.29) is 12.0 Å². The van der Waals surface area contributed by atoms with Crippen LogP contribution in [0.25, 0.3) is 0 Å². The number of amides is 2. The van der Waals surface area contributed by atoms with E-state index in [0.717, 1.165) is 5.56 Å². The second kappa shape index (κ2) is 6.91. The summed E-state index contributed by atoms with van der Waals surface area (Å²) in [4.78, 5) is 23.5. The summed E-state index contributed by atoms with van der Waals surface area (Å²) in [7, 11) is 0. The molecule has 0 aliphatic carbocycles. The Hall–Kier alpha value is -1.59. The van der Waals surface area contributed by atoms with Gasteiger partial charge in [0, 0.05) is 17.3 Å². The Labute approximate surface area is 129 Å². The van der Waals surface area contributed by atoms with Gasteiger partial charge in [0.25, 0.3) is 0 Å². The third-order valence-electron chi connectivity index (χ3n) is 3.10. The van der Waals surface area contributed by atoms with E-state index in [0.29, 0.717) is 10.7 Å². The van der Waals surface area contributed by atoms with Crippen LogP contribution in [0.4, 0.5) is 5.69 Å². The van der Waals surface area contributed by atoms with Crippen LogP contribution in [0.15, 0.2) is 18.2 Å². The quantitative estimate of drug-likeness (QED) is 0.748. The zero-order valence-corrected chi connectivity index (χ0v) is 13.4. The molecule has 0 aliphatic heterocycles. The summed E-state index contributed by atoms with van der Waals surface area (Å²) < 4.78 is 0. The van der Waals surface area contributed by atoms with Crippen LogP contribution in [-0.2, 0) is 9.59 Å². The summed E-state index contributed by atoms with van der Waals surface area (Å²) in [6, 6.07) is 4.96. The first kappa shape index (κ1) is 17.5. The Morgan fingerprint density at radius 3 is 2.43 bits per heavy atom. The highest BCUT2D eigenvalue weighted by atomic mass is 35.5. The Morgan fingerprint density at radius 2 is 1.90 bits per heavy atom. The van der Waals surface area contributed by atoms with Crippen molar-refractivity contribution in [1.82, 2.24) is 5.32 Å². The van der Waals surface area contributed by atoms with Gasteiger partial charge in [0.05, 0.1) is 6.10 Å². The number of benzene rings is 1. The molecular weight excluding hydrogens is 292 g/mol. The van der Waals surface area contributed by atoms with E-state index in [2.05, 4.69) is 10.6 Å². The molecule has 3 N–H and O–H groups in total. The van der Waals surface area contributed by atoms with Gasteiger partial charge in [-0.3, -0.25) is 9.59 Å². The van der Waals surface area contributed by atoms with Crippen molar-refractivity contribution in [2.45, 2.75) is 33.8 Å². The average molecular weight is 313 g/mol. The first-order chi connectivity index (χ1) is 9.61. The molecule has 1 aromatic rings. The van der Waals surface area contributed by atoms with Crippen molar-refractivity contribution < 1.29 is 14.7 Å². The van der Waals surface area contributed by atoms with Gasteiger partial charge in [-0.2, -0.15) is 0 Å². The average Bonchev–Trinajstić information content (AvgIpc) is 2.37. The molecule has 2 amide bonds. The molecule has 0 aromatic heterocycles. The largest absolute Gasteiger partial charge is 0.391 e. The number of aliphatic hydroxyl groups excluding tert-OH is 1. The molecular formula is C15H21ClN2O3. The van der Waals surface area contributed by atoms with Gasteiger partial charge in [-0.05, 0) is 36.1 Å². The molecule has 0 saturated heterocycles. The van der Waals surface area contributed by atoms with Crippen LogP contribution >= 0.6 is 11.6 Å². The molecule has 0 fully saturated rings. The maximum atomic E-state index is 11.8. The second-order valence-electron chi connectivity index (χ2n) is 6.01. The van der Waals surface area contributed by atoms with Gasteiger partial charge in [-0.1, -0.05) is 32.4 Å². The maximum Gasteiger partial charge on any atom is 0.313 e. The van der Waals surface area contributed by atoms with E-state index < -0.39 is 17.9 Å². The van der Waals surface area contributed by atoms with E-state index in [4.69, 9.17) is 11.6 Å². The Kier molecular flexibility index (Phi) is 5.75. The summed E-state index contributed by atoms with van der Waals surface area (Å²) >= 11 is 5.82. The van der Waals surface area contributed by atoms with Crippen molar-refractivity contribution >= 4 is 29.1 Å². The van der Waals surface area contributed by atoms with Crippen molar-refractivity contribution in [2.24, 2.45) is 5.41 Å². The molecule has 0 aliphatic rings. The highest BCUT2D eigenvalue weighted by Gasteiger charge is 2.24. The van der Waals surface area contributed by atoms with Crippen LogP contribution in [0.5, 0.6) is 0 Å². The highest BCUT2D eigenvalue weighted by molar-refractivity contribution is 6.39. The number of rotatable bonds is 3. The van der Waals surface area contributed by atoms with E-state index in [1.165, 1.54) is 0 Å². The van der Waals surface area contributed by atoms with E-state index in [1.54, 1.807) is 25.1 Å². The topological polar surface area (TPSA) is 78.4 Å². The molecule has 0 spiro atoms. The van der Waals surface area contributed by atoms with Gasteiger partial charge in [0.1, 0.15) is 0 Å². The van der Waals surface area contributed by atoms with Crippen molar-refractivity contribution in [1.29, 1.82) is 0 Å². The van der Waals surface area contributed by atoms with Gasteiger partial charge in [0.15, 0.2) is 0 Å². The minimum atomic E-state index is -0.785. The van der Waals surface area contributed by atoms with E-state index in [1.807, 2.05) is 20.8 Å². The molecule has 0 unspecified atom stereocenters. The van der Waals surface area contributed by atoms with Crippen LogP contribution in [0.3, 0.4) is 0 Å². The third kappa shape index (κ3) is 5.36. The Morgan fingerprint density at radius 1 is 1.29 bits per heavy atom. The minimum Gasteiger partial charge on any atom is -0.391 e. The summed E-state index contributed by atoms with van der Waals surface area (Å²) in [5.41, 5.74) is 0.922. The summed E-state index contributed by atoms with van der Waals surface area (Å²) in [6.45, 7) is 7.35. The van der Waals surface area contributed by atoms with Crippen molar-refractivity contribution in [2.75, 3.05) is 11.9 Å². The molecule has 0 radical (unpaired) electrons. The molecule has 21 heavy (non-hydrogen) atoms. The number of hydrogen-bond donors (Lipinski definition) is 3. The zero-order chi connectivity index (χ0) is 16.2. The van der Waals surface area contributed by atoms with E-state index in [9.17, 15) is 14.7 Å². The number of aryl methyl sites for hydroxylation is 1. The number of carbonyl (C=O) groups is 2. The SMILES string of the molecule is Cc1cc(Cl)ccc1NC(=O)C(=O)NC[C@@H](O)C(C)(C)C. The van der Waals surface area contributed by atoms with Gasteiger partial charge < -0.3 is 15.7 Å². The third-order valence-corrected chi connectivity index (χ3v) is 3.33. The number of nitrogens with one attached hydrogen (secondary N) is 2. The fraction of sp³-hybridized carbons (Fsp3) is 0.467. The number of halogens is 1. The molecule has 0 saturated carbocycles. The predicted molar refractivity (Wildman–Crippen MR) is 83.3 cm³/mol. The van der Waals surface area contributed by atoms with Crippen LogP contribution in [0.2, 0.25) is 5.02 Å². The van der Waals surface area contributed by atoms with Crippen LogP contribution in [-0.4, -0.2) is 29.6 Å². The highest BCUT2D eigenvalue weighted by Crippen LogP contribution is 2.20. The molecule has 1 rings (SSSR count). The molecule has 1 aromatic carbocycles. The molecule has 6 heteroatoms. The molecule has 5 nitrogen and oxygen atoms in total. The lowest BCUT2D eigenvalue weighted by Crippen LogP contribution is -2.43. The van der Waals surface area contributed by atoms with Gasteiger partial charge >= 0.3 is 11.8 Å². The predicted octanol–water partition coefficient (Wildman–Crippen LogP) is 2.11. The molecule has 0 heterocycles. The monoisotopic (exact) mass is 312 g/mol. The van der Waals surface area contributed by atoms with Crippen molar-refractivity contribution in [3.05, 3.63) is 28.8 Å². The Bertz CT molecular complexity index is 538. The van der Waals surface area contributed by atoms with Crippen LogP contribution in [0, 0.1) is 12.3 Å². The molecule has 0 bridgehead atoms. The fourth-order valence-electron chi connectivity index (χ4n) is 1.52. The first-order valence-electron chi connectivity index (χ1n) is 6.64. The number of anilines is 1. The normalized spacial score (nSPS) is 12.7. The molecule has 1 atom stereocenters. The minimum absolute atomic E-state index is 0.0232. The lowest BCUT2D eigenvalue weighted by atomic mass is 9.89. The second-order valence-corrected chi connectivity index (χ2v) is 6.44. The number of aliphatic hydroxyl groups is 1. The summed E-state index contributed by atoms with van der Waals surface area (Å²) in [5.74, 6) is -1.56. The summed E-state index contributed by atoms with van der Waals surface area (Å²) in [5, 5.41) is 15.3. The zero-order valence-electron chi connectivity index (χ0n) is 12.7. The fourth-order valence-corrected chi connectivity index (χ4v) is 1.75. The maximum absolute atomic E-state index is 11.8. The molecule has 116 valence electrons. The van der Waals surface area contributed by atoms with Gasteiger partial charge in [-0.15, -0.1) is 0 Å². The number of hydrogen-bond acceptors (Lipinski definition) is 3. The smallest absolute Gasteiger partial charge is 0.313 e. The summed E-state index contributed by atoms with van der Waals surface area (Å²) in [6.07, 6.45) is -0.730. The lowest BCUT2D eigenvalue weighted by Gasteiger charge is -2.25. The van der Waals surface area contributed by atoms with Crippen LogP contribution < -0.4 is 10.6 Å². The number of carbonyl (C=O) groups excluding carboxylic acids is 2. The Balaban J connectivity index is 2.57. The first-order valence-corrected chi connectivity index (χ1v) is 7.02. The van der Waals surface area contributed by atoms with Gasteiger partial charge in [-0.25, -0.2) is 0 Å². The van der Waals surface area contributed by atoms with E-state index >= 15 is 0 Å². The lowest BCUT2D eigenvalue weighted by molar-refractivity contribution is -0.136. The van der Waals surface area contributed by atoms with Crippen molar-refractivity contribution in [3.63, 3.8) is 0 Å². The van der Waals surface area contributed by atoms with Gasteiger partial charge in [0.2, 0.25) is 0 Å². The van der Waals surface area contributed by atoms with Crippen LogP contribution in [0.1, 0.15) is 26.3 Å².